The lowest BCUT2D eigenvalue weighted by atomic mass is 9.93. The molecule has 1 saturated carbocycles. The fourth-order valence-electron chi connectivity index (χ4n) is 1.51. The molecule has 0 unspecified atom stereocenters. The second-order valence-corrected chi connectivity index (χ2v) is 5.23. The van der Waals surface area contributed by atoms with Crippen molar-refractivity contribution in [1.29, 1.82) is 0 Å². The van der Waals surface area contributed by atoms with Crippen molar-refractivity contribution < 1.29 is 26.7 Å². The highest BCUT2D eigenvalue weighted by Gasteiger charge is 2.47. The van der Waals surface area contributed by atoms with Gasteiger partial charge in [0, 0.05) is 6.04 Å². The highest BCUT2D eigenvalue weighted by atomic mass is 32.2. The number of rotatable bonds is 2. The highest BCUT2D eigenvalue weighted by Crippen LogP contribution is 2.25. The second-order valence-electron chi connectivity index (χ2n) is 3.53. The van der Waals surface area contributed by atoms with E-state index in [9.17, 15) is 26.7 Å². The maximum atomic E-state index is 12.0. The molecule has 0 aliphatic heterocycles. The summed E-state index contributed by atoms with van der Waals surface area (Å²) in [6.45, 7) is 0. The van der Waals surface area contributed by atoms with E-state index in [1.807, 2.05) is 0 Å². The van der Waals surface area contributed by atoms with Gasteiger partial charge in [-0.1, -0.05) is 12.8 Å². The number of halogens is 3. The highest BCUT2D eigenvalue weighted by molar-refractivity contribution is 7.90. The number of nitrogens with one attached hydrogen (secondary N) is 1. The Hall–Kier alpha value is -0.340. The van der Waals surface area contributed by atoms with Gasteiger partial charge in [0.15, 0.2) is 0 Å². The van der Waals surface area contributed by atoms with Crippen molar-refractivity contribution >= 4 is 10.0 Å². The molecule has 90 valence electrons. The summed E-state index contributed by atoms with van der Waals surface area (Å²) in [5.74, 6) is 0. The molecular formula is C7H12F3NO3S. The normalized spacial score (nSPS) is 29.1. The Kier molecular flexibility index (Phi) is 3.62. The first-order valence-corrected chi connectivity index (χ1v) is 5.99. The quantitative estimate of drug-likeness (QED) is 0.756. The van der Waals surface area contributed by atoms with Crippen molar-refractivity contribution in [3.05, 3.63) is 0 Å². The van der Waals surface area contributed by atoms with Gasteiger partial charge in [0.25, 0.3) is 0 Å². The standard InChI is InChI=1S/C7H12F3NO3S/c8-7(9,10)15(13,14)11-5-3-1-2-4-6(5)12/h5-6,11-12H,1-4H2/t5-,6-/m1/s1. The first kappa shape index (κ1) is 12.7. The van der Waals surface area contributed by atoms with E-state index >= 15 is 0 Å². The van der Waals surface area contributed by atoms with Crippen LogP contribution in [0.2, 0.25) is 0 Å². The topological polar surface area (TPSA) is 66.4 Å². The number of hydrogen-bond donors (Lipinski definition) is 2. The molecule has 0 saturated heterocycles. The van der Waals surface area contributed by atoms with E-state index in [4.69, 9.17) is 0 Å². The Morgan fingerprint density at radius 3 is 2.20 bits per heavy atom. The van der Waals surface area contributed by atoms with Gasteiger partial charge in [-0.25, -0.2) is 13.1 Å². The van der Waals surface area contributed by atoms with Crippen molar-refractivity contribution in [1.82, 2.24) is 4.72 Å². The van der Waals surface area contributed by atoms with Crippen molar-refractivity contribution in [2.45, 2.75) is 43.3 Å². The molecule has 1 fully saturated rings. The smallest absolute Gasteiger partial charge is 0.391 e. The molecule has 2 atom stereocenters. The molecule has 0 amide bonds. The van der Waals surface area contributed by atoms with Crippen molar-refractivity contribution in [3.63, 3.8) is 0 Å². The molecule has 0 heterocycles. The first-order valence-electron chi connectivity index (χ1n) is 4.51. The lowest BCUT2D eigenvalue weighted by Gasteiger charge is -2.28. The van der Waals surface area contributed by atoms with E-state index in [1.165, 1.54) is 4.72 Å². The zero-order chi connectivity index (χ0) is 11.7. The van der Waals surface area contributed by atoms with Crippen molar-refractivity contribution in [2.24, 2.45) is 0 Å². The van der Waals surface area contributed by atoms with E-state index in [2.05, 4.69) is 0 Å². The molecule has 2 N–H and O–H groups in total. The van der Waals surface area contributed by atoms with Crippen LogP contribution in [0.4, 0.5) is 13.2 Å². The molecule has 15 heavy (non-hydrogen) atoms. The summed E-state index contributed by atoms with van der Waals surface area (Å²) in [7, 11) is -5.34. The fourth-order valence-corrected chi connectivity index (χ4v) is 2.32. The minimum absolute atomic E-state index is 0.233. The molecule has 0 aromatic rings. The largest absolute Gasteiger partial charge is 0.511 e. The predicted octanol–water partition coefficient (Wildman–Crippen LogP) is 0.729. The van der Waals surface area contributed by atoms with Crippen LogP contribution in [0.3, 0.4) is 0 Å². The Morgan fingerprint density at radius 2 is 1.73 bits per heavy atom. The molecule has 1 aliphatic rings. The van der Waals surface area contributed by atoms with Gasteiger partial charge in [0.05, 0.1) is 6.10 Å². The van der Waals surface area contributed by atoms with E-state index in [0.717, 1.165) is 0 Å². The van der Waals surface area contributed by atoms with Crippen LogP contribution >= 0.6 is 0 Å². The van der Waals surface area contributed by atoms with Crippen LogP contribution in [0.1, 0.15) is 25.7 Å². The number of hydrogen-bond acceptors (Lipinski definition) is 3. The zero-order valence-electron chi connectivity index (χ0n) is 7.79. The van der Waals surface area contributed by atoms with E-state index in [0.29, 0.717) is 19.3 Å². The summed E-state index contributed by atoms with van der Waals surface area (Å²) in [6.07, 6.45) is 0.838. The van der Waals surface area contributed by atoms with Crippen LogP contribution in [0, 0.1) is 0 Å². The summed E-state index contributed by atoms with van der Waals surface area (Å²) in [4.78, 5) is 0. The Labute approximate surface area is 85.5 Å². The number of aliphatic hydroxyl groups excluding tert-OH is 1. The zero-order valence-corrected chi connectivity index (χ0v) is 8.61. The average Bonchev–Trinajstić information content (AvgIpc) is 2.06. The third-order valence-corrected chi connectivity index (χ3v) is 3.56. The maximum absolute atomic E-state index is 12.0. The van der Waals surface area contributed by atoms with Gasteiger partial charge < -0.3 is 5.11 Å². The van der Waals surface area contributed by atoms with Crippen molar-refractivity contribution in [3.8, 4) is 0 Å². The van der Waals surface area contributed by atoms with Gasteiger partial charge in [-0.05, 0) is 12.8 Å². The van der Waals surface area contributed by atoms with Crippen LogP contribution in [-0.2, 0) is 10.0 Å². The summed E-state index contributed by atoms with van der Waals surface area (Å²) in [5, 5.41) is 9.30. The molecule has 0 radical (unpaired) electrons. The summed E-state index contributed by atoms with van der Waals surface area (Å²) < 4.78 is 58.9. The minimum atomic E-state index is -5.34. The van der Waals surface area contributed by atoms with E-state index < -0.39 is 27.7 Å². The predicted molar refractivity (Wildman–Crippen MR) is 46.4 cm³/mol. The van der Waals surface area contributed by atoms with Crippen LogP contribution in [0.15, 0.2) is 0 Å². The van der Waals surface area contributed by atoms with Gasteiger partial charge in [-0.2, -0.15) is 13.2 Å². The summed E-state index contributed by atoms with van der Waals surface area (Å²) >= 11 is 0. The van der Waals surface area contributed by atoms with Gasteiger partial charge in [-0.3, -0.25) is 0 Å². The molecule has 0 spiro atoms. The van der Waals surface area contributed by atoms with Crippen molar-refractivity contribution in [2.75, 3.05) is 0 Å². The summed E-state index contributed by atoms with van der Waals surface area (Å²) in [5.41, 5.74) is -5.32. The average molecular weight is 247 g/mol. The Bertz CT molecular complexity index is 314. The Balaban J connectivity index is 2.69. The Morgan fingerprint density at radius 1 is 1.20 bits per heavy atom. The van der Waals surface area contributed by atoms with Gasteiger partial charge >= 0.3 is 15.5 Å². The molecule has 8 heteroatoms. The molecule has 0 aromatic carbocycles. The van der Waals surface area contributed by atoms with E-state index in [-0.39, 0.29) is 6.42 Å². The molecule has 4 nitrogen and oxygen atoms in total. The molecule has 0 bridgehead atoms. The molecule has 1 aliphatic carbocycles. The number of sulfonamides is 1. The maximum Gasteiger partial charge on any atom is 0.511 e. The van der Waals surface area contributed by atoms with Crippen LogP contribution in [-0.4, -0.2) is 31.2 Å². The summed E-state index contributed by atoms with van der Waals surface area (Å²) in [6, 6.07) is -1.02. The van der Waals surface area contributed by atoms with E-state index in [1.54, 1.807) is 0 Å². The van der Waals surface area contributed by atoms with Crippen LogP contribution in [0.5, 0.6) is 0 Å². The lowest BCUT2D eigenvalue weighted by Crippen LogP contribution is -2.49. The third kappa shape index (κ3) is 3.05. The third-order valence-electron chi connectivity index (χ3n) is 2.34. The van der Waals surface area contributed by atoms with Crippen LogP contribution < -0.4 is 4.72 Å². The second kappa shape index (κ2) is 4.26. The van der Waals surface area contributed by atoms with Gasteiger partial charge in [0.1, 0.15) is 0 Å². The van der Waals surface area contributed by atoms with Gasteiger partial charge in [0.2, 0.25) is 0 Å². The monoisotopic (exact) mass is 247 g/mol. The lowest BCUT2D eigenvalue weighted by molar-refractivity contribution is -0.0458. The first-order chi connectivity index (χ1) is 6.74. The van der Waals surface area contributed by atoms with Crippen LogP contribution in [0.25, 0.3) is 0 Å². The SMILES string of the molecule is O=S(=O)(N[C@@H]1CCCC[C@H]1O)C(F)(F)F. The fraction of sp³-hybridized carbons (Fsp3) is 1.00. The van der Waals surface area contributed by atoms with Gasteiger partial charge in [-0.15, -0.1) is 0 Å². The number of aliphatic hydroxyl groups is 1. The minimum Gasteiger partial charge on any atom is -0.391 e. The number of alkyl halides is 3. The molecule has 1 rings (SSSR count). The molecular weight excluding hydrogens is 235 g/mol. The molecule has 0 aromatic heterocycles.